The predicted molar refractivity (Wildman–Crippen MR) is 56.7 cm³/mol. The highest BCUT2D eigenvalue weighted by Gasteiger charge is 2.34. The van der Waals surface area contributed by atoms with Crippen LogP contribution in [-0.2, 0) is 0 Å². The predicted octanol–water partition coefficient (Wildman–Crippen LogP) is 1.04. The quantitative estimate of drug-likeness (QED) is 0.592. The lowest BCUT2D eigenvalue weighted by Crippen LogP contribution is -2.60. The Morgan fingerprint density at radius 3 is 2.69 bits per heavy atom. The minimum Gasteiger partial charge on any atom is -0.502 e. The van der Waals surface area contributed by atoms with Crippen LogP contribution in [0.5, 0.6) is 11.5 Å². The molecule has 0 bridgehead atoms. The van der Waals surface area contributed by atoms with E-state index in [-0.39, 0.29) is 17.0 Å². The Bertz CT molecular complexity index is 429. The molecular formula is C10H12N2O4. The monoisotopic (exact) mass is 224 g/mol. The van der Waals surface area contributed by atoms with Crippen molar-refractivity contribution < 1.29 is 14.8 Å². The Kier molecular flexibility index (Phi) is 2.43. The maximum Gasteiger partial charge on any atom is 0.310 e. The van der Waals surface area contributed by atoms with Gasteiger partial charge in [0.05, 0.1) is 4.92 Å². The summed E-state index contributed by atoms with van der Waals surface area (Å²) in [6, 6.07) is 3.99. The summed E-state index contributed by atoms with van der Waals surface area (Å²) in [6.07, 6.45) is 0. The summed E-state index contributed by atoms with van der Waals surface area (Å²) < 4.78 is 5.61. The van der Waals surface area contributed by atoms with Crippen LogP contribution in [-0.4, -0.2) is 28.7 Å². The van der Waals surface area contributed by atoms with Crippen molar-refractivity contribution in [3.05, 3.63) is 28.3 Å². The third-order valence-corrected chi connectivity index (χ3v) is 2.51. The smallest absolute Gasteiger partial charge is 0.310 e. The number of ether oxygens (including phenoxy) is 1. The molecule has 2 N–H and O–H groups in total. The van der Waals surface area contributed by atoms with Gasteiger partial charge < -0.3 is 15.2 Å². The maximum absolute atomic E-state index is 10.5. The lowest BCUT2D eigenvalue weighted by Gasteiger charge is -2.39. The molecule has 0 aliphatic carbocycles. The molecular weight excluding hydrogens is 212 g/mol. The number of phenolic OH excluding ortho intramolecular Hbond substituents is 1. The van der Waals surface area contributed by atoms with E-state index < -0.39 is 4.92 Å². The molecule has 6 nitrogen and oxygen atoms in total. The van der Waals surface area contributed by atoms with Gasteiger partial charge in [-0.15, -0.1) is 0 Å². The fourth-order valence-electron chi connectivity index (χ4n) is 1.55. The van der Waals surface area contributed by atoms with E-state index in [1.807, 2.05) is 6.92 Å². The van der Waals surface area contributed by atoms with Gasteiger partial charge in [-0.25, -0.2) is 0 Å². The Hall–Kier alpha value is -1.82. The van der Waals surface area contributed by atoms with Crippen LogP contribution >= 0.6 is 0 Å². The highest BCUT2D eigenvalue weighted by Crippen LogP contribution is 2.31. The van der Waals surface area contributed by atoms with Crippen LogP contribution in [0, 0.1) is 10.1 Å². The van der Waals surface area contributed by atoms with Gasteiger partial charge in [0.15, 0.2) is 5.75 Å². The molecule has 0 amide bonds. The van der Waals surface area contributed by atoms with Gasteiger partial charge in [0.1, 0.15) is 11.4 Å². The second-order valence-corrected chi connectivity index (χ2v) is 4.06. The molecule has 0 atom stereocenters. The second kappa shape index (κ2) is 3.64. The van der Waals surface area contributed by atoms with Crippen molar-refractivity contribution in [1.82, 2.24) is 5.32 Å². The number of rotatable bonds is 3. The highest BCUT2D eigenvalue weighted by atomic mass is 16.6. The number of nitrogens with one attached hydrogen (secondary N) is 1. The minimum absolute atomic E-state index is 0.289. The molecule has 1 saturated heterocycles. The van der Waals surface area contributed by atoms with E-state index in [4.69, 9.17) is 4.74 Å². The van der Waals surface area contributed by atoms with Gasteiger partial charge in [-0.1, -0.05) is 0 Å². The van der Waals surface area contributed by atoms with E-state index in [9.17, 15) is 15.2 Å². The lowest BCUT2D eigenvalue weighted by atomic mass is 10.00. The van der Waals surface area contributed by atoms with Gasteiger partial charge in [0, 0.05) is 25.2 Å². The van der Waals surface area contributed by atoms with Gasteiger partial charge in [-0.2, -0.15) is 0 Å². The molecule has 0 aromatic heterocycles. The van der Waals surface area contributed by atoms with E-state index in [0.717, 1.165) is 13.1 Å². The second-order valence-electron chi connectivity index (χ2n) is 4.06. The SMILES string of the molecule is CC1(Oc2ccc([N+](=O)[O-])c(O)c2)CNC1. The van der Waals surface area contributed by atoms with Crippen LogP contribution < -0.4 is 10.1 Å². The molecule has 1 fully saturated rings. The fourth-order valence-corrected chi connectivity index (χ4v) is 1.55. The van der Waals surface area contributed by atoms with Crippen LogP contribution in [0.15, 0.2) is 18.2 Å². The number of hydrogen-bond acceptors (Lipinski definition) is 5. The molecule has 1 heterocycles. The van der Waals surface area contributed by atoms with Crippen molar-refractivity contribution in [3.8, 4) is 11.5 Å². The van der Waals surface area contributed by atoms with Crippen molar-refractivity contribution in [2.75, 3.05) is 13.1 Å². The molecule has 86 valence electrons. The molecule has 6 heteroatoms. The van der Waals surface area contributed by atoms with Gasteiger partial charge in [0.25, 0.3) is 0 Å². The largest absolute Gasteiger partial charge is 0.502 e. The zero-order valence-electron chi connectivity index (χ0n) is 8.77. The van der Waals surface area contributed by atoms with Crippen molar-refractivity contribution in [3.63, 3.8) is 0 Å². The molecule has 1 aliphatic rings. The zero-order chi connectivity index (χ0) is 11.8. The highest BCUT2D eigenvalue weighted by molar-refractivity contribution is 5.49. The van der Waals surface area contributed by atoms with Gasteiger partial charge in [-0.05, 0) is 13.0 Å². The molecule has 0 saturated carbocycles. The average Bonchev–Trinajstić information content (AvgIpc) is 2.14. The zero-order valence-corrected chi connectivity index (χ0v) is 8.77. The number of hydrogen-bond donors (Lipinski definition) is 2. The molecule has 0 unspecified atom stereocenters. The Balaban J connectivity index is 2.18. The summed E-state index contributed by atoms with van der Waals surface area (Å²) in [5, 5.41) is 23.0. The van der Waals surface area contributed by atoms with E-state index in [1.165, 1.54) is 18.2 Å². The lowest BCUT2D eigenvalue weighted by molar-refractivity contribution is -0.385. The van der Waals surface area contributed by atoms with Crippen LogP contribution in [0.2, 0.25) is 0 Å². The fraction of sp³-hybridized carbons (Fsp3) is 0.400. The van der Waals surface area contributed by atoms with Crippen molar-refractivity contribution in [2.24, 2.45) is 0 Å². The first-order valence-electron chi connectivity index (χ1n) is 4.87. The number of phenols is 1. The number of nitrogens with zero attached hydrogens (tertiary/aromatic N) is 1. The summed E-state index contributed by atoms with van der Waals surface area (Å²) in [4.78, 5) is 9.85. The van der Waals surface area contributed by atoms with E-state index in [0.29, 0.717) is 5.75 Å². The summed E-state index contributed by atoms with van der Waals surface area (Å²) in [7, 11) is 0. The van der Waals surface area contributed by atoms with E-state index >= 15 is 0 Å². The Morgan fingerprint density at radius 1 is 1.56 bits per heavy atom. The van der Waals surface area contributed by atoms with Crippen LogP contribution in [0.4, 0.5) is 5.69 Å². The first-order valence-corrected chi connectivity index (χ1v) is 4.87. The van der Waals surface area contributed by atoms with Crippen LogP contribution in [0.1, 0.15) is 6.92 Å². The van der Waals surface area contributed by atoms with Crippen LogP contribution in [0.3, 0.4) is 0 Å². The number of aromatic hydroxyl groups is 1. The molecule has 1 aromatic rings. The first kappa shape index (κ1) is 10.7. The van der Waals surface area contributed by atoms with Gasteiger partial charge >= 0.3 is 5.69 Å². The number of nitro groups is 1. The number of benzene rings is 1. The minimum atomic E-state index is -0.633. The van der Waals surface area contributed by atoms with Crippen molar-refractivity contribution in [2.45, 2.75) is 12.5 Å². The molecule has 0 radical (unpaired) electrons. The summed E-state index contributed by atoms with van der Waals surface area (Å²) >= 11 is 0. The normalized spacial score (nSPS) is 17.6. The molecule has 0 spiro atoms. The van der Waals surface area contributed by atoms with Crippen LogP contribution in [0.25, 0.3) is 0 Å². The maximum atomic E-state index is 10.5. The number of nitro benzene ring substituents is 1. The molecule has 1 aromatic carbocycles. The summed E-state index contributed by atoms with van der Waals surface area (Å²) in [5.41, 5.74) is -0.605. The van der Waals surface area contributed by atoms with Gasteiger partial charge in [-0.3, -0.25) is 10.1 Å². The first-order chi connectivity index (χ1) is 7.50. The Morgan fingerprint density at radius 2 is 2.25 bits per heavy atom. The van der Waals surface area contributed by atoms with E-state index in [2.05, 4.69) is 5.32 Å². The average molecular weight is 224 g/mol. The summed E-state index contributed by atoms with van der Waals surface area (Å²) in [6.45, 7) is 3.39. The van der Waals surface area contributed by atoms with Gasteiger partial charge in [0.2, 0.25) is 0 Å². The van der Waals surface area contributed by atoms with Crippen molar-refractivity contribution in [1.29, 1.82) is 0 Å². The third kappa shape index (κ3) is 1.92. The van der Waals surface area contributed by atoms with E-state index in [1.54, 1.807) is 0 Å². The Labute approximate surface area is 92.0 Å². The molecule has 16 heavy (non-hydrogen) atoms. The summed E-state index contributed by atoms with van der Waals surface area (Å²) in [5.74, 6) is 0.0606. The van der Waals surface area contributed by atoms with Crippen molar-refractivity contribution >= 4 is 5.69 Å². The third-order valence-electron chi connectivity index (χ3n) is 2.51. The topological polar surface area (TPSA) is 84.6 Å². The standard InChI is InChI=1S/C10H12N2O4/c1-10(5-11-6-10)16-7-2-3-8(12(14)15)9(13)4-7/h2-4,11,13H,5-6H2,1H3. The molecule has 1 aliphatic heterocycles. The molecule has 2 rings (SSSR count).